The molecule has 0 bridgehead atoms. The lowest BCUT2D eigenvalue weighted by molar-refractivity contribution is -0.163. The van der Waals surface area contributed by atoms with Gasteiger partial charge in [-0.3, -0.25) is 9.59 Å². The highest BCUT2D eigenvalue weighted by Crippen LogP contribution is 2.00. The first-order chi connectivity index (χ1) is 7.97. The summed E-state index contributed by atoms with van der Waals surface area (Å²) in [5.41, 5.74) is 0. The molecule has 1 atom stereocenters. The number of carboxylic acids is 1. The lowest BCUT2D eigenvalue weighted by Gasteiger charge is -2.08. The molecule has 0 rings (SSSR count). The normalized spacial score (nSPS) is 11.6. The predicted octanol–water partition coefficient (Wildman–Crippen LogP) is 1.13. The molecule has 0 aromatic rings. The summed E-state index contributed by atoms with van der Waals surface area (Å²) in [6.07, 6.45) is 0.258. The molecule has 0 saturated heterocycles. The first-order valence-electron chi connectivity index (χ1n) is 5.55. The first kappa shape index (κ1) is 15.4. The van der Waals surface area contributed by atoms with Crippen LogP contribution in [0.3, 0.4) is 0 Å². The highest BCUT2D eigenvalue weighted by Gasteiger charge is 2.17. The van der Waals surface area contributed by atoms with Crippen LogP contribution in [0.15, 0.2) is 0 Å². The van der Waals surface area contributed by atoms with Crippen LogP contribution in [0.1, 0.15) is 39.5 Å². The van der Waals surface area contributed by atoms with Gasteiger partial charge in [0.1, 0.15) is 0 Å². The average molecular weight is 246 g/mol. The molecule has 0 heterocycles. The van der Waals surface area contributed by atoms with Gasteiger partial charge in [0.25, 0.3) is 0 Å². The number of carbonyl (C=O) groups is 3. The van der Waals surface area contributed by atoms with E-state index in [1.807, 2.05) is 6.92 Å². The summed E-state index contributed by atoms with van der Waals surface area (Å²) in [4.78, 5) is 32.6. The first-order valence-corrected chi connectivity index (χ1v) is 5.55. The Labute approximate surface area is 99.9 Å². The summed E-state index contributed by atoms with van der Waals surface area (Å²) in [7, 11) is 0. The Hall–Kier alpha value is -1.59. The molecule has 0 aliphatic carbocycles. The van der Waals surface area contributed by atoms with E-state index >= 15 is 0 Å². The van der Waals surface area contributed by atoms with Crippen LogP contribution in [-0.2, 0) is 23.9 Å². The van der Waals surface area contributed by atoms with Crippen LogP contribution in [0.5, 0.6) is 0 Å². The van der Waals surface area contributed by atoms with Crippen molar-refractivity contribution in [2.24, 2.45) is 0 Å². The fourth-order valence-electron chi connectivity index (χ4n) is 0.913. The van der Waals surface area contributed by atoms with E-state index in [1.54, 1.807) is 0 Å². The number of unbranched alkanes of at least 4 members (excludes halogenated alkanes) is 1. The van der Waals surface area contributed by atoms with Gasteiger partial charge in [0.15, 0.2) is 6.10 Å². The monoisotopic (exact) mass is 246 g/mol. The van der Waals surface area contributed by atoms with Gasteiger partial charge in [-0.05, 0) is 13.3 Å². The van der Waals surface area contributed by atoms with Gasteiger partial charge < -0.3 is 14.6 Å². The number of ether oxygens (including phenoxy) is 2. The van der Waals surface area contributed by atoms with E-state index in [2.05, 4.69) is 4.74 Å². The quantitative estimate of drug-likeness (QED) is 0.510. The smallest absolute Gasteiger partial charge is 0.344 e. The van der Waals surface area contributed by atoms with E-state index < -0.39 is 24.0 Å². The zero-order valence-corrected chi connectivity index (χ0v) is 10.1. The third-order valence-electron chi connectivity index (χ3n) is 1.95. The van der Waals surface area contributed by atoms with Gasteiger partial charge in [-0.25, -0.2) is 4.79 Å². The molecule has 0 aromatic heterocycles. The van der Waals surface area contributed by atoms with Crippen molar-refractivity contribution in [1.82, 2.24) is 0 Å². The van der Waals surface area contributed by atoms with Gasteiger partial charge in [0.2, 0.25) is 0 Å². The maximum absolute atomic E-state index is 11.1. The van der Waals surface area contributed by atoms with E-state index in [9.17, 15) is 14.4 Å². The number of esters is 2. The SMILES string of the molecule is CCCCOC(=O)CCC(=O)O[C@@H](C)C(=O)O. The maximum Gasteiger partial charge on any atom is 0.344 e. The third kappa shape index (κ3) is 8.24. The average Bonchev–Trinajstić information content (AvgIpc) is 2.26. The Bertz CT molecular complexity index is 273. The van der Waals surface area contributed by atoms with Crippen LogP contribution < -0.4 is 0 Å². The van der Waals surface area contributed by atoms with E-state index in [-0.39, 0.29) is 12.8 Å². The third-order valence-corrected chi connectivity index (χ3v) is 1.95. The topological polar surface area (TPSA) is 89.9 Å². The van der Waals surface area contributed by atoms with Crippen molar-refractivity contribution in [2.75, 3.05) is 6.61 Å². The number of rotatable bonds is 8. The molecular formula is C11H18O6. The Kier molecular flexibility index (Phi) is 7.75. The molecule has 0 aromatic carbocycles. The number of hydrogen-bond acceptors (Lipinski definition) is 5. The second-order valence-electron chi connectivity index (χ2n) is 3.54. The summed E-state index contributed by atoms with van der Waals surface area (Å²) in [5.74, 6) is -2.41. The minimum Gasteiger partial charge on any atom is -0.479 e. The Morgan fingerprint density at radius 2 is 1.76 bits per heavy atom. The Morgan fingerprint density at radius 3 is 2.29 bits per heavy atom. The van der Waals surface area contributed by atoms with E-state index in [0.717, 1.165) is 12.8 Å². The molecule has 6 heteroatoms. The second kappa shape index (κ2) is 8.55. The number of carboxylic acid groups (broad SMARTS) is 1. The zero-order chi connectivity index (χ0) is 13.3. The molecule has 0 radical (unpaired) electrons. The molecule has 0 unspecified atom stereocenters. The van der Waals surface area contributed by atoms with Crippen LogP contribution in [0.2, 0.25) is 0 Å². The van der Waals surface area contributed by atoms with Crippen LogP contribution >= 0.6 is 0 Å². The highest BCUT2D eigenvalue weighted by molar-refractivity contribution is 5.80. The highest BCUT2D eigenvalue weighted by atomic mass is 16.6. The van der Waals surface area contributed by atoms with Gasteiger partial charge >= 0.3 is 17.9 Å². The molecule has 0 aliphatic heterocycles. The standard InChI is InChI=1S/C11H18O6/c1-3-4-7-16-9(12)5-6-10(13)17-8(2)11(14)15/h8H,3-7H2,1-2H3,(H,14,15)/t8-/m0/s1. The van der Waals surface area contributed by atoms with Gasteiger partial charge in [-0.1, -0.05) is 13.3 Å². The maximum atomic E-state index is 11.1. The molecular weight excluding hydrogens is 228 g/mol. The van der Waals surface area contributed by atoms with Crippen LogP contribution in [0, 0.1) is 0 Å². The van der Waals surface area contributed by atoms with E-state index in [4.69, 9.17) is 9.84 Å². The molecule has 6 nitrogen and oxygen atoms in total. The minimum absolute atomic E-state index is 0.0884. The van der Waals surface area contributed by atoms with E-state index in [0.29, 0.717) is 6.61 Å². The van der Waals surface area contributed by atoms with Crippen molar-refractivity contribution in [2.45, 2.75) is 45.6 Å². The van der Waals surface area contributed by atoms with Crippen molar-refractivity contribution < 1.29 is 29.0 Å². The lowest BCUT2D eigenvalue weighted by atomic mass is 10.3. The molecule has 0 aliphatic rings. The number of hydrogen-bond donors (Lipinski definition) is 1. The van der Waals surface area contributed by atoms with Gasteiger partial charge in [0, 0.05) is 0 Å². The van der Waals surface area contributed by atoms with Crippen molar-refractivity contribution in [3.05, 3.63) is 0 Å². The minimum atomic E-state index is -1.22. The van der Waals surface area contributed by atoms with Crippen LogP contribution in [0.4, 0.5) is 0 Å². The number of carbonyl (C=O) groups excluding carboxylic acids is 2. The summed E-state index contributed by atoms with van der Waals surface area (Å²) < 4.78 is 9.36. The largest absolute Gasteiger partial charge is 0.479 e. The fraction of sp³-hybridized carbons (Fsp3) is 0.727. The zero-order valence-electron chi connectivity index (χ0n) is 10.1. The Balaban J connectivity index is 3.69. The molecule has 0 amide bonds. The predicted molar refractivity (Wildman–Crippen MR) is 58.3 cm³/mol. The van der Waals surface area contributed by atoms with Crippen molar-refractivity contribution in [3.63, 3.8) is 0 Å². The summed E-state index contributed by atoms with van der Waals surface area (Å²) in [6.45, 7) is 3.56. The molecule has 17 heavy (non-hydrogen) atoms. The summed E-state index contributed by atoms with van der Waals surface area (Å²) in [5, 5.41) is 8.48. The lowest BCUT2D eigenvalue weighted by Crippen LogP contribution is -2.24. The molecule has 0 saturated carbocycles. The van der Waals surface area contributed by atoms with Crippen molar-refractivity contribution >= 4 is 17.9 Å². The fourth-order valence-corrected chi connectivity index (χ4v) is 0.913. The van der Waals surface area contributed by atoms with E-state index in [1.165, 1.54) is 6.92 Å². The van der Waals surface area contributed by atoms with Gasteiger partial charge in [-0.15, -0.1) is 0 Å². The molecule has 0 spiro atoms. The summed E-state index contributed by atoms with van der Waals surface area (Å²) >= 11 is 0. The van der Waals surface area contributed by atoms with Gasteiger partial charge in [0.05, 0.1) is 19.4 Å². The second-order valence-corrected chi connectivity index (χ2v) is 3.54. The number of aliphatic carboxylic acids is 1. The van der Waals surface area contributed by atoms with Crippen molar-refractivity contribution in [3.8, 4) is 0 Å². The summed E-state index contributed by atoms with van der Waals surface area (Å²) in [6, 6.07) is 0. The van der Waals surface area contributed by atoms with Crippen LogP contribution in [0.25, 0.3) is 0 Å². The van der Waals surface area contributed by atoms with Crippen LogP contribution in [-0.4, -0.2) is 35.7 Å². The molecule has 98 valence electrons. The molecule has 0 fully saturated rings. The molecule has 1 N–H and O–H groups in total. The Morgan fingerprint density at radius 1 is 1.18 bits per heavy atom. The van der Waals surface area contributed by atoms with Crippen molar-refractivity contribution in [1.29, 1.82) is 0 Å². The van der Waals surface area contributed by atoms with Gasteiger partial charge in [-0.2, -0.15) is 0 Å².